The van der Waals surface area contributed by atoms with E-state index in [4.69, 9.17) is 21.3 Å². The zero-order valence-corrected chi connectivity index (χ0v) is 27.8. The summed E-state index contributed by atoms with van der Waals surface area (Å²) in [5.74, 6) is 0.859. The number of nitrogens with zero attached hydrogens (tertiary/aromatic N) is 6. The maximum absolute atomic E-state index is 13.2. The quantitative estimate of drug-likeness (QED) is 0.295. The van der Waals surface area contributed by atoms with Crippen molar-refractivity contribution in [2.24, 2.45) is 5.41 Å². The SMILES string of the molecule is N#CC1(CNc2cccc(-c3cc(NC4CCN(Cc5cccc6c5CN(N5CCC(=O)NC5=O)C6=O)CC4)ncc3Cl)n2)CCOCC1. The third-order valence-electron chi connectivity index (χ3n) is 9.88. The van der Waals surface area contributed by atoms with Gasteiger partial charge >= 0.3 is 6.03 Å². The van der Waals surface area contributed by atoms with E-state index in [1.54, 1.807) is 12.3 Å². The average Bonchev–Trinajstić information content (AvgIpc) is 3.46. The van der Waals surface area contributed by atoms with Gasteiger partial charge in [0.15, 0.2) is 0 Å². The molecule has 13 nitrogen and oxygen atoms in total. The number of nitrogens with one attached hydrogen (secondary N) is 3. The summed E-state index contributed by atoms with van der Waals surface area (Å²) in [4.78, 5) is 49.0. The highest BCUT2D eigenvalue weighted by Crippen LogP contribution is 2.33. The molecule has 4 amide bonds. The molecule has 4 aliphatic rings. The lowest BCUT2D eigenvalue weighted by molar-refractivity contribution is -0.123. The fourth-order valence-electron chi connectivity index (χ4n) is 6.94. The van der Waals surface area contributed by atoms with Crippen LogP contribution in [-0.4, -0.2) is 88.2 Å². The van der Waals surface area contributed by atoms with Crippen molar-refractivity contribution < 1.29 is 19.1 Å². The van der Waals surface area contributed by atoms with E-state index in [0.29, 0.717) is 62.1 Å². The van der Waals surface area contributed by atoms with Gasteiger partial charge in [-0.05, 0) is 61.1 Å². The van der Waals surface area contributed by atoms with Gasteiger partial charge in [0, 0.05) is 69.2 Å². The largest absolute Gasteiger partial charge is 0.381 e. The van der Waals surface area contributed by atoms with Gasteiger partial charge in [-0.1, -0.05) is 29.8 Å². The van der Waals surface area contributed by atoms with Crippen molar-refractivity contribution in [1.82, 2.24) is 30.2 Å². The van der Waals surface area contributed by atoms with Gasteiger partial charge in [-0.25, -0.2) is 24.8 Å². The van der Waals surface area contributed by atoms with Crippen LogP contribution in [0.4, 0.5) is 16.4 Å². The third kappa shape index (κ3) is 7.03. The Morgan fingerprint density at radius 2 is 1.82 bits per heavy atom. The Kier molecular flexibility index (Phi) is 9.35. The van der Waals surface area contributed by atoms with Crippen molar-refractivity contribution in [2.45, 2.75) is 51.2 Å². The van der Waals surface area contributed by atoms with Crippen LogP contribution in [0.3, 0.4) is 0 Å². The summed E-state index contributed by atoms with van der Waals surface area (Å²) < 4.78 is 5.45. The second kappa shape index (κ2) is 14.0. The standard InChI is InChI=1S/C35H38ClN9O4/c36-28-18-38-31(17-26(28)29-5-2-6-30(41-29)39-22-35(21-37)10-15-49-16-11-35)40-24-7-12-43(13-8-24)19-23-3-1-4-25-27(23)20-45(33(25)47)44-14-9-32(46)42-34(44)48/h1-6,17-18,24H,7-16,19-20,22H2,(H,38,40)(H,39,41)(H,42,46,48). The Morgan fingerprint density at radius 1 is 1.02 bits per heavy atom. The van der Waals surface area contributed by atoms with Crippen molar-refractivity contribution in [2.75, 3.05) is 50.0 Å². The number of likely N-dealkylation sites (tertiary alicyclic amines) is 1. The second-order valence-electron chi connectivity index (χ2n) is 13.0. The number of hydrogen-bond donors (Lipinski definition) is 3. The van der Waals surface area contributed by atoms with Gasteiger partial charge in [0.2, 0.25) is 5.91 Å². The van der Waals surface area contributed by atoms with Crippen LogP contribution in [0.15, 0.2) is 48.7 Å². The van der Waals surface area contributed by atoms with Gasteiger partial charge < -0.3 is 15.4 Å². The normalized spacial score (nSPS) is 19.7. The van der Waals surface area contributed by atoms with Crippen LogP contribution in [0.1, 0.15) is 53.6 Å². The molecule has 6 heterocycles. The topological polar surface area (TPSA) is 156 Å². The highest BCUT2D eigenvalue weighted by Gasteiger charge is 2.38. The second-order valence-corrected chi connectivity index (χ2v) is 13.4. The Labute approximate surface area is 289 Å². The zero-order valence-electron chi connectivity index (χ0n) is 27.1. The van der Waals surface area contributed by atoms with Crippen LogP contribution >= 0.6 is 11.6 Å². The highest BCUT2D eigenvalue weighted by molar-refractivity contribution is 6.33. The lowest BCUT2D eigenvalue weighted by Crippen LogP contribution is -2.56. The molecule has 0 spiro atoms. The molecule has 3 saturated heterocycles. The Bertz CT molecular complexity index is 1800. The first-order chi connectivity index (χ1) is 23.8. The van der Waals surface area contributed by atoms with Crippen molar-refractivity contribution in [3.8, 4) is 17.3 Å². The van der Waals surface area contributed by atoms with Crippen LogP contribution in [-0.2, 0) is 22.6 Å². The van der Waals surface area contributed by atoms with E-state index in [0.717, 1.165) is 54.1 Å². The molecule has 0 unspecified atom stereocenters. The van der Waals surface area contributed by atoms with Crippen LogP contribution in [0.2, 0.25) is 5.02 Å². The average molecular weight is 684 g/mol. The number of fused-ring (bicyclic) bond motifs is 1. The molecule has 0 bridgehead atoms. The minimum Gasteiger partial charge on any atom is -0.381 e. The lowest BCUT2D eigenvalue weighted by atomic mass is 9.82. The summed E-state index contributed by atoms with van der Waals surface area (Å²) >= 11 is 6.61. The van der Waals surface area contributed by atoms with Crippen LogP contribution in [0.25, 0.3) is 11.3 Å². The third-order valence-corrected chi connectivity index (χ3v) is 10.2. The number of amides is 4. The van der Waals surface area contributed by atoms with E-state index in [1.165, 1.54) is 10.0 Å². The number of halogens is 1. The summed E-state index contributed by atoms with van der Waals surface area (Å²) in [6.45, 7) is 4.60. The molecular formula is C35H38ClN9O4. The summed E-state index contributed by atoms with van der Waals surface area (Å²) in [6, 6.07) is 15.6. The van der Waals surface area contributed by atoms with Gasteiger partial charge in [-0.3, -0.25) is 19.8 Å². The van der Waals surface area contributed by atoms with E-state index < -0.39 is 11.4 Å². The Hall–Kier alpha value is -4.77. The van der Waals surface area contributed by atoms with Crippen LogP contribution in [0.5, 0.6) is 0 Å². The van der Waals surface area contributed by atoms with Gasteiger partial charge in [0.25, 0.3) is 5.91 Å². The number of nitriles is 1. The van der Waals surface area contributed by atoms with E-state index >= 15 is 0 Å². The van der Waals surface area contributed by atoms with E-state index in [2.05, 4.69) is 31.9 Å². The summed E-state index contributed by atoms with van der Waals surface area (Å²) in [5, 5.41) is 22.3. The summed E-state index contributed by atoms with van der Waals surface area (Å²) in [6.07, 6.45) is 5.01. The predicted octanol–water partition coefficient (Wildman–Crippen LogP) is 4.42. The van der Waals surface area contributed by atoms with Crippen molar-refractivity contribution in [3.63, 3.8) is 0 Å². The molecule has 2 aromatic heterocycles. The Morgan fingerprint density at radius 3 is 2.59 bits per heavy atom. The number of carbonyl (C=O) groups is 3. The maximum Gasteiger partial charge on any atom is 0.342 e. The Balaban J connectivity index is 0.954. The number of carbonyl (C=O) groups excluding carboxylic acids is 3. The highest BCUT2D eigenvalue weighted by atomic mass is 35.5. The number of benzene rings is 1. The number of hydrogen-bond acceptors (Lipinski definition) is 10. The van der Waals surface area contributed by atoms with Gasteiger partial charge in [0.05, 0.1) is 35.3 Å². The van der Waals surface area contributed by atoms with E-state index in [-0.39, 0.29) is 30.8 Å². The number of piperidine rings is 1. The number of urea groups is 1. The van der Waals surface area contributed by atoms with Gasteiger partial charge in [0.1, 0.15) is 11.6 Å². The fraction of sp³-hybridized carbons (Fsp3) is 0.429. The molecule has 7 rings (SSSR count). The molecule has 4 aliphatic heterocycles. The van der Waals surface area contributed by atoms with Crippen LogP contribution < -0.4 is 16.0 Å². The minimum absolute atomic E-state index is 0.164. The molecule has 0 radical (unpaired) electrons. The molecule has 3 fully saturated rings. The van der Waals surface area contributed by atoms with Crippen molar-refractivity contribution >= 4 is 41.1 Å². The number of pyridine rings is 2. The van der Waals surface area contributed by atoms with Gasteiger partial charge in [-0.2, -0.15) is 5.26 Å². The van der Waals surface area contributed by atoms with Crippen LogP contribution in [0, 0.1) is 16.7 Å². The molecule has 0 saturated carbocycles. The van der Waals surface area contributed by atoms with Crippen molar-refractivity contribution in [1.29, 1.82) is 5.26 Å². The number of aromatic nitrogens is 2. The molecule has 3 aromatic rings. The number of imide groups is 1. The molecular weight excluding hydrogens is 646 g/mol. The predicted molar refractivity (Wildman–Crippen MR) is 182 cm³/mol. The summed E-state index contributed by atoms with van der Waals surface area (Å²) in [5.41, 5.74) is 3.62. The monoisotopic (exact) mass is 683 g/mol. The summed E-state index contributed by atoms with van der Waals surface area (Å²) in [7, 11) is 0. The molecule has 0 aliphatic carbocycles. The van der Waals surface area contributed by atoms with Gasteiger partial charge in [-0.15, -0.1) is 0 Å². The lowest BCUT2D eigenvalue weighted by Gasteiger charge is -2.34. The van der Waals surface area contributed by atoms with E-state index in [1.807, 2.05) is 36.4 Å². The molecule has 49 heavy (non-hydrogen) atoms. The number of rotatable bonds is 9. The molecule has 254 valence electrons. The van der Waals surface area contributed by atoms with Crippen molar-refractivity contribution in [3.05, 3.63) is 70.4 Å². The number of ether oxygens (including phenoxy) is 1. The first-order valence-electron chi connectivity index (χ1n) is 16.7. The maximum atomic E-state index is 13.2. The zero-order chi connectivity index (χ0) is 34.0. The first-order valence-corrected chi connectivity index (χ1v) is 17.1. The molecule has 3 N–H and O–H groups in total. The number of anilines is 2. The fourth-order valence-corrected chi connectivity index (χ4v) is 7.14. The smallest absolute Gasteiger partial charge is 0.342 e. The first kappa shape index (κ1) is 32.8. The number of hydrazine groups is 1. The molecule has 0 atom stereocenters. The molecule has 1 aromatic carbocycles. The molecule has 14 heteroatoms. The van der Waals surface area contributed by atoms with E-state index in [9.17, 15) is 19.6 Å². The minimum atomic E-state index is -0.562.